The van der Waals surface area contributed by atoms with Crippen LogP contribution in [0, 0.1) is 0 Å². The first-order valence-electron chi connectivity index (χ1n) is 12.8. The van der Waals surface area contributed by atoms with Crippen LogP contribution in [0.3, 0.4) is 0 Å². The van der Waals surface area contributed by atoms with Crippen molar-refractivity contribution in [2.24, 2.45) is 0 Å². The third-order valence-electron chi connectivity index (χ3n) is 7.44. The van der Waals surface area contributed by atoms with Crippen LogP contribution in [0.15, 0.2) is 133 Å². The molecule has 3 aromatic rings. The summed E-state index contributed by atoms with van der Waals surface area (Å²) in [5.74, 6) is 0.335. The van der Waals surface area contributed by atoms with Crippen molar-refractivity contribution in [2.75, 3.05) is 0 Å². The first kappa shape index (κ1) is 23.1. The third kappa shape index (κ3) is 5.23. The van der Waals surface area contributed by atoms with Crippen molar-refractivity contribution >= 4 is 11.1 Å². The summed E-state index contributed by atoms with van der Waals surface area (Å²) in [5, 5.41) is 0. The smallest absolute Gasteiger partial charge is 0.0308 e. The summed E-state index contributed by atoms with van der Waals surface area (Å²) in [6.45, 7) is 8.83. The number of fused-ring (bicyclic) bond motifs is 1. The normalized spacial score (nSPS) is 16.9. The van der Waals surface area contributed by atoms with Gasteiger partial charge in [-0.05, 0) is 77.5 Å². The summed E-state index contributed by atoms with van der Waals surface area (Å²) < 4.78 is 0. The van der Waals surface area contributed by atoms with E-state index >= 15 is 0 Å². The van der Waals surface area contributed by atoms with E-state index in [2.05, 4.69) is 116 Å². The summed E-state index contributed by atoms with van der Waals surface area (Å²) in [5.41, 5.74) is 12.3. The number of benzene rings is 3. The number of rotatable bonds is 9. The van der Waals surface area contributed by atoms with Gasteiger partial charge in [-0.2, -0.15) is 0 Å². The molecule has 0 saturated carbocycles. The van der Waals surface area contributed by atoms with Crippen molar-refractivity contribution in [3.8, 4) is 0 Å². The maximum atomic E-state index is 4.44. The van der Waals surface area contributed by atoms with E-state index in [4.69, 9.17) is 0 Å². The highest BCUT2D eigenvalue weighted by Crippen LogP contribution is 2.44. The van der Waals surface area contributed by atoms with E-state index in [1.807, 2.05) is 0 Å². The molecule has 0 bridgehead atoms. The van der Waals surface area contributed by atoms with Crippen molar-refractivity contribution in [1.29, 1.82) is 0 Å². The van der Waals surface area contributed by atoms with E-state index in [1.54, 1.807) is 0 Å². The molecule has 174 valence electrons. The molecule has 3 aromatic carbocycles. The lowest BCUT2D eigenvalue weighted by Crippen LogP contribution is -2.03. The van der Waals surface area contributed by atoms with Crippen molar-refractivity contribution in [2.45, 2.75) is 44.4 Å². The molecule has 1 unspecified atom stereocenters. The van der Waals surface area contributed by atoms with E-state index in [0.29, 0.717) is 5.92 Å². The van der Waals surface area contributed by atoms with Crippen LogP contribution in [0.4, 0.5) is 0 Å². The predicted octanol–water partition coefficient (Wildman–Crippen LogP) is 9.50. The average Bonchev–Trinajstić information content (AvgIpc) is 3.34. The molecular weight excluding hydrogens is 420 g/mol. The zero-order chi connectivity index (χ0) is 24.0. The largest absolute Gasteiger partial charge is 0.0999 e. The highest BCUT2D eigenvalue weighted by Gasteiger charge is 2.25. The Morgan fingerprint density at radius 1 is 0.771 bits per heavy atom. The Hall–Kier alpha value is -3.64. The molecule has 0 saturated heterocycles. The summed E-state index contributed by atoms with van der Waals surface area (Å²) in [7, 11) is 0. The standard InChI is InChI=1S/C35H34/c1-26(12-11-18-28-22-23-30-15-9-10-19-33(30)27(28)2)20-21-32-24-25-34(29-13-5-3-6-14-29)35(32)31-16-7-4-8-17-31/h3-10,13-17,19,22,24-25,35H,1-2,11-12,18,20-21,23H2. The minimum absolute atomic E-state index is 0.335. The van der Waals surface area contributed by atoms with Gasteiger partial charge in [-0.25, -0.2) is 0 Å². The molecule has 0 spiro atoms. The van der Waals surface area contributed by atoms with Crippen LogP contribution in [-0.2, 0) is 6.42 Å². The summed E-state index contributed by atoms with van der Waals surface area (Å²) in [4.78, 5) is 0. The van der Waals surface area contributed by atoms with E-state index in [9.17, 15) is 0 Å². The lowest BCUT2D eigenvalue weighted by atomic mass is 9.82. The van der Waals surface area contributed by atoms with E-state index in [0.717, 1.165) is 38.5 Å². The van der Waals surface area contributed by atoms with Gasteiger partial charge in [0.1, 0.15) is 0 Å². The van der Waals surface area contributed by atoms with Crippen LogP contribution in [0.5, 0.6) is 0 Å². The van der Waals surface area contributed by atoms with Crippen LogP contribution in [-0.4, -0.2) is 0 Å². The lowest BCUT2D eigenvalue weighted by Gasteiger charge is -2.21. The first-order valence-corrected chi connectivity index (χ1v) is 12.8. The fraction of sp³-hybridized carbons (Fsp3) is 0.200. The molecule has 0 amide bonds. The fourth-order valence-electron chi connectivity index (χ4n) is 5.50. The molecule has 35 heavy (non-hydrogen) atoms. The van der Waals surface area contributed by atoms with Gasteiger partial charge in [0.05, 0.1) is 0 Å². The molecular formula is C35H34. The minimum atomic E-state index is 0.335. The highest BCUT2D eigenvalue weighted by molar-refractivity contribution is 5.81. The molecule has 0 nitrogen and oxygen atoms in total. The molecule has 0 N–H and O–H groups in total. The molecule has 0 aromatic heterocycles. The number of hydrogen-bond donors (Lipinski definition) is 0. The Labute approximate surface area is 210 Å². The van der Waals surface area contributed by atoms with Gasteiger partial charge in [-0.15, -0.1) is 0 Å². The van der Waals surface area contributed by atoms with E-state index in [-0.39, 0.29) is 0 Å². The second-order valence-corrected chi connectivity index (χ2v) is 9.75. The molecule has 0 heterocycles. The van der Waals surface area contributed by atoms with Crippen LogP contribution in [0.25, 0.3) is 11.1 Å². The Morgan fingerprint density at radius 2 is 1.49 bits per heavy atom. The van der Waals surface area contributed by atoms with Crippen LogP contribution < -0.4 is 0 Å². The van der Waals surface area contributed by atoms with Gasteiger partial charge in [0.2, 0.25) is 0 Å². The van der Waals surface area contributed by atoms with Crippen molar-refractivity contribution < 1.29 is 0 Å². The predicted molar refractivity (Wildman–Crippen MR) is 151 cm³/mol. The molecule has 2 aliphatic rings. The zero-order valence-corrected chi connectivity index (χ0v) is 20.5. The highest BCUT2D eigenvalue weighted by atomic mass is 14.3. The van der Waals surface area contributed by atoms with Gasteiger partial charge in [0, 0.05) is 5.92 Å². The molecule has 0 aliphatic heterocycles. The molecule has 0 fully saturated rings. The van der Waals surface area contributed by atoms with Crippen LogP contribution >= 0.6 is 0 Å². The van der Waals surface area contributed by atoms with Gasteiger partial charge in [-0.3, -0.25) is 0 Å². The Bertz CT molecular complexity index is 1300. The van der Waals surface area contributed by atoms with E-state index in [1.165, 1.54) is 50.1 Å². The summed E-state index contributed by atoms with van der Waals surface area (Å²) in [6.07, 6.45) is 13.5. The maximum Gasteiger partial charge on any atom is 0.0308 e. The molecule has 1 atom stereocenters. The van der Waals surface area contributed by atoms with Crippen molar-refractivity contribution in [1.82, 2.24) is 0 Å². The van der Waals surface area contributed by atoms with Gasteiger partial charge in [0.25, 0.3) is 0 Å². The number of allylic oxidation sites excluding steroid dienone is 8. The van der Waals surface area contributed by atoms with Gasteiger partial charge >= 0.3 is 0 Å². The van der Waals surface area contributed by atoms with Crippen LogP contribution in [0.1, 0.15) is 60.3 Å². The Kier molecular flexibility index (Phi) is 7.09. The number of hydrogen-bond acceptors (Lipinski definition) is 0. The monoisotopic (exact) mass is 454 g/mol. The van der Waals surface area contributed by atoms with Gasteiger partial charge < -0.3 is 0 Å². The second-order valence-electron chi connectivity index (χ2n) is 9.75. The van der Waals surface area contributed by atoms with E-state index < -0.39 is 0 Å². The molecule has 5 rings (SSSR count). The lowest BCUT2D eigenvalue weighted by molar-refractivity contribution is 0.757. The first-order chi connectivity index (χ1) is 17.2. The SMILES string of the molecule is C=C(CCCC1=CCc2ccccc2C1=C)CCC1=CC=C(c2ccccc2)C1c1ccccc1. The quantitative estimate of drug-likeness (QED) is 0.282. The Morgan fingerprint density at radius 3 is 2.29 bits per heavy atom. The summed E-state index contributed by atoms with van der Waals surface area (Å²) in [6, 6.07) is 30.4. The van der Waals surface area contributed by atoms with Gasteiger partial charge in [-0.1, -0.05) is 127 Å². The van der Waals surface area contributed by atoms with Crippen LogP contribution in [0.2, 0.25) is 0 Å². The fourth-order valence-corrected chi connectivity index (χ4v) is 5.50. The second kappa shape index (κ2) is 10.7. The van der Waals surface area contributed by atoms with Crippen molar-refractivity contribution in [3.63, 3.8) is 0 Å². The van der Waals surface area contributed by atoms with Gasteiger partial charge in [0.15, 0.2) is 0 Å². The topological polar surface area (TPSA) is 0 Å². The molecule has 2 aliphatic carbocycles. The zero-order valence-electron chi connectivity index (χ0n) is 20.5. The van der Waals surface area contributed by atoms with Crippen molar-refractivity contribution in [3.05, 3.63) is 155 Å². The minimum Gasteiger partial charge on any atom is -0.0999 e. The third-order valence-corrected chi connectivity index (χ3v) is 7.44. The maximum absolute atomic E-state index is 4.44. The molecule has 0 radical (unpaired) electrons. The average molecular weight is 455 g/mol. The Balaban J connectivity index is 1.17. The summed E-state index contributed by atoms with van der Waals surface area (Å²) >= 11 is 0. The molecule has 0 heteroatoms.